The second-order valence-corrected chi connectivity index (χ2v) is 3.79. The molecule has 5 nitrogen and oxygen atoms in total. The normalized spacial score (nSPS) is 11.7. The molecule has 1 aromatic heterocycles. The molecule has 0 unspecified atom stereocenters. The summed E-state index contributed by atoms with van der Waals surface area (Å²) in [5, 5.41) is 2.72. The van der Waals surface area contributed by atoms with Crippen LogP contribution in [0.15, 0.2) is 18.3 Å². The SMILES string of the molecule is COC(=O)C[C@H](C)NC(=O)c1cccnc1C. The van der Waals surface area contributed by atoms with E-state index in [1.807, 2.05) is 0 Å². The molecule has 0 saturated carbocycles. The van der Waals surface area contributed by atoms with Gasteiger partial charge in [-0.2, -0.15) is 0 Å². The fourth-order valence-electron chi connectivity index (χ4n) is 1.41. The Kier molecular flexibility index (Phi) is 4.63. The van der Waals surface area contributed by atoms with E-state index in [1.165, 1.54) is 7.11 Å². The van der Waals surface area contributed by atoms with E-state index in [2.05, 4.69) is 15.0 Å². The molecule has 0 spiro atoms. The van der Waals surface area contributed by atoms with Crippen LogP contribution in [0.4, 0.5) is 0 Å². The standard InChI is InChI=1S/C12H16N2O3/c1-8(7-11(15)17-3)14-12(16)10-5-4-6-13-9(10)2/h4-6,8H,7H2,1-3H3,(H,14,16)/t8-/m0/s1. The molecule has 1 N–H and O–H groups in total. The van der Waals surface area contributed by atoms with E-state index in [-0.39, 0.29) is 24.3 Å². The average molecular weight is 236 g/mol. The molecule has 0 aliphatic carbocycles. The summed E-state index contributed by atoms with van der Waals surface area (Å²) in [6.45, 7) is 3.51. The van der Waals surface area contributed by atoms with E-state index in [9.17, 15) is 9.59 Å². The third kappa shape index (κ3) is 3.86. The van der Waals surface area contributed by atoms with Gasteiger partial charge in [0.25, 0.3) is 5.91 Å². The van der Waals surface area contributed by atoms with Crippen LogP contribution in [0.2, 0.25) is 0 Å². The summed E-state index contributed by atoms with van der Waals surface area (Å²) in [6.07, 6.45) is 1.78. The van der Waals surface area contributed by atoms with Gasteiger partial charge >= 0.3 is 5.97 Å². The van der Waals surface area contributed by atoms with Crippen molar-refractivity contribution in [2.45, 2.75) is 26.3 Å². The minimum Gasteiger partial charge on any atom is -0.469 e. The molecule has 1 rings (SSSR count). The van der Waals surface area contributed by atoms with Crippen LogP contribution in [0, 0.1) is 6.92 Å². The van der Waals surface area contributed by atoms with Gasteiger partial charge in [0.1, 0.15) is 0 Å². The largest absolute Gasteiger partial charge is 0.469 e. The maximum atomic E-state index is 11.8. The lowest BCUT2D eigenvalue weighted by Gasteiger charge is -2.13. The van der Waals surface area contributed by atoms with Gasteiger partial charge in [-0.15, -0.1) is 0 Å². The molecule has 0 aromatic carbocycles. The maximum Gasteiger partial charge on any atom is 0.307 e. The number of carbonyl (C=O) groups excluding carboxylic acids is 2. The number of aryl methyl sites for hydroxylation is 1. The van der Waals surface area contributed by atoms with Gasteiger partial charge in [-0.05, 0) is 26.0 Å². The second kappa shape index (κ2) is 5.98. The predicted octanol–water partition coefficient (Wildman–Crippen LogP) is 1.07. The Morgan fingerprint density at radius 2 is 2.24 bits per heavy atom. The van der Waals surface area contributed by atoms with E-state index in [0.717, 1.165) is 0 Å². The Labute approximate surface area is 100 Å². The minimum atomic E-state index is -0.347. The first kappa shape index (κ1) is 13.2. The van der Waals surface area contributed by atoms with E-state index >= 15 is 0 Å². The molecule has 1 atom stereocenters. The highest BCUT2D eigenvalue weighted by Crippen LogP contribution is 2.04. The molecule has 0 fully saturated rings. The quantitative estimate of drug-likeness (QED) is 0.794. The van der Waals surface area contributed by atoms with Crippen LogP contribution in [0.3, 0.4) is 0 Å². The van der Waals surface area contributed by atoms with Crippen molar-refractivity contribution in [1.82, 2.24) is 10.3 Å². The first-order chi connectivity index (χ1) is 8.04. The second-order valence-electron chi connectivity index (χ2n) is 3.79. The number of hydrogen-bond acceptors (Lipinski definition) is 4. The molecule has 5 heteroatoms. The smallest absolute Gasteiger partial charge is 0.307 e. The van der Waals surface area contributed by atoms with Crippen molar-refractivity contribution < 1.29 is 14.3 Å². The van der Waals surface area contributed by atoms with Crippen molar-refractivity contribution in [2.24, 2.45) is 0 Å². The van der Waals surface area contributed by atoms with E-state index in [4.69, 9.17) is 0 Å². The van der Waals surface area contributed by atoms with Gasteiger partial charge in [0.2, 0.25) is 0 Å². The molecule has 1 aromatic rings. The first-order valence-electron chi connectivity index (χ1n) is 5.34. The van der Waals surface area contributed by atoms with Gasteiger partial charge < -0.3 is 10.1 Å². The lowest BCUT2D eigenvalue weighted by atomic mass is 10.1. The first-order valence-corrected chi connectivity index (χ1v) is 5.34. The monoisotopic (exact) mass is 236 g/mol. The molecule has 1 heterocycles. The zero-order chi connectivity index (χ0) is 12.8. The van der Waals surface area contributed by atoms with Crippen molar-refractivity contribution >= 4 is 11.9 Å². The van der Waals surface area contributed by atoms with Crippen LogP contribution >= 0.6 is 0 Å². The summed E-state index contributed by atoms with van der Waals surface area (Å²) in [7, 11) is 1.32. The van der Waals surface area contributed by atoms with Crippen LogP contribution in [0.5, 0.6) is 0 Å². The Morgan fingerprint density at radius 1 is 1.53 bits per heavy atom. The number of nitrogens with one attached hydrogen (secondary N) is 1. The molecular formula is C12H16N2O3. The van der Waals surface area contributed by atoms with E-state index < -0.39 is 0 Å². The van der Waals surface area contributed by atoms with Crippen LogP contribution in [0.1, 0.15) is 29.4 Å². The van der Waals surface area contributed by atoms with E-state index in [0.29, 0.717) is 11.3 Å². The van der Waals surface area contributed by atoms with Gasteiger partial charge in [-0.25, -0.2) is 0 Å². The van der Waals surface area contributed by atoms with Gasteiger partial charge in [-0.3, -0.25) is 14.6 Å². The van der Waals surface area contributed by atoms with Gasteiger partial charge in [-0.1, -0.05) is 0 Å². The fourth-order valence-corrected chi connectivity index (χ4v) is 1.41. The molecule has 17 heavy (non-hydrogen) atoms. The maximum absolute atomic E-state index is 11.8. The molecule has 92 valence electrons. The molecular weight excluding hydrogens is 220 g/mol. The summed E-state index contributed by atoms with van der Waals surface area (Å²) in [5.41, 5.74) is 1.18. The molecule has 0 aliphatic rings. The number of pyridine rings is 1. The lowest BCUT2D eigenvalue weighted by molar-refractivity contribution is -0.141. The number of aromatic nitrogens is 1. The van der Waals surface area contributed by atoms with Crippen molar-refractivity contribution in [1.29, 1.82) is 0 Å². The Balaban J connectivity index is 2.61. The number of nitrogens with zero attached hydrogens (tertiary/aromatic N) is 1. The summed E-state index contributed by atoms with van der Waals surface area (Å²) >= 11 is 0. The van der Waals surface area contributed by atoms with Crippen molar-refractivity contribution in [2.75, 3.05) is 7.11 Å². The molecule has 0 radical (unpaired) electrons. The van der Waals surface area contributed by atoms with Crippen molar-refractivity contribution in [3.63, 3.8) is 0 Å². The third-order valence-electron chi connectivity index (χ3n) is 2.33. The van der Waals surface area contributed by atoms with Gasteiger partial charge in [0.05, 0.1) is 19.1 Å². The Bertz CT molecular complexity index is 418. The highest BCUT2D eigenvalue weighted by molar-refractivity contribution is 5.95. The Morgan fingerprint density at radius 3 is 2.82 bits per heavy atom. The third-order valence-corrected chi connectivity index (χ3v) is 2.33. The predicted molar refractivity (Wildman–Crippen MR) is 62.5 cm³/mol. The highest BCUT2D eigenvalue weighted by atomic mass is 16.5. The van der Waals surface area contributed by atoms with Gasteiger partial charge in [0, 0.05) is 17.9 Å². The topological polar surface area (TPSA) is 68.3 Å². The summed E-state index contributed by atoms with van der Waals surface area (Å²) in [6, 6.07) is 3.13. The molecule has 1 amide bonds. The van der Waals surface area contributed by atoms with Gasteiger partial charge in [0.15, 0.2) is 0 Å². The molecule has 0 bridgehead atoms. The summed E-state index contributed by atoms with van der Waals surface area (Å²) in [5.74, 6) is -0.576. The summed E-state index contributed by atoms with van der Waals surface area (Å²) in [4.78, 5) is 26.9. The zero-order valence-corrected chi connectivity index (χ0v) is 10.2. The molecule has 0 aliphatic heterocycles. The highest BCUT2D eigenvalue weighted by Gasteiger charge is 2.14. The van der Waals surface area contributed by atoms with E-state index in [1.54, 1.807) is 32.2 Å². The number of rotatable bonds is 4. The van der Waals surface area contributed by atoms with Crippen molar-refractivity contribution in [3.8, 4) is 0 Å². The fraction of sp³-hybridized carbons (Fsp3) is 0.417. The number of ether oxygens (including phenoxy) is 1. The minimum absolute atomic E-state index is 0.154. The number of hydrogen-bond donors (Lipinski definition) is 1. The number of esters is 1. The number of carbonyl (C=O) groups is 2. The number of amides is 1. The summed E-state index contributed by atoms with van der Waals surface area (Å²) < 4.78 is 4.53. The Hall–Kier alpha value is -1.91. The lowest BCUT2D eigenvalue weighted by Crippen LogP contribution is -2.34. The van der Waals surface area contributed by atoms with Crippen molar-refractivity contribution in [3.05, 3.63) is 29.6 Å². The average Bonchev–Trinajstić information content (AvgIpc) is 2.29. The molecule has 0 saturated heterocycles. The van der Waals surface area contributed by atoms with Crippen LogP contribution in [-0.2, 0) is 9.53 Å². The van der Waals surface area contributed by atoms with Crippen LogP contribution in [-0.4, -0.2) is 30.0 Å². The zero-order valence-electron chi connectivity index (χ0n) is 10.2. The number of methoxy groups -OCH3 is 1. The van der Waals surface area contributed by atoms with Crippen LogP contribution in [0.25, 0.3) is 0 Å². The van der Waals surface area contributed by atoms with Crippen LogP contribution < -0.4 is 5.32 Å².